The van der Waals surface area contributed by atoms with Gasteiger partial charge in [-0.3, -0.25) is 4.79 Å². The third-order valence-electron chi connectivity index (χ3n) is 2.26. The zero-order chi connectivity index (χ0) is 13.4. The van der Waals surface area contributed by atoms with Crippen LogP contribution < -0.4 is 0 Å². The monoisotopic (exact) mass is 235 g/mol. The highest BCUT2D eigenvalue weighted by atomic mass is 16.1. The van der Waals surface area contributed by atoms with Crippen LogP contribution >= 0.6 is 0 Å². The maximum absolute atomic E-state index is 11.7. The van der Waals surface area contributed by atoms with Crippen LogP contribution in [0.4, 0.5) is 0 Å². The van der Waals surface area contributed by atoms with Crippen molar-refractivity contribution >= 4 is 5.78 Å². The maximum Gasteiger partial charge on any atom is 0.165 e. The smallest absolute Gasteiger partial charge is 0.165 e. The van der Waals surface area contributed by atoms with Gasteiger partial charge >= 0.3 is 0 Å². The van der Waals surface area contributed by atoms with Gasteiger partial charge in [-0.2, -0.15) is 0 Å². The molecular formula is C15H25NO. The Morgan fingerprint density at radius 2 is 1.59 bits per heavy atom. The van der Waals surface area contributed by atoms with Gasteiger partial charge in [-0.25, -0.2) is 0 Å². The molecule has 0 aromatic heterocycles. The van der Waals surface area contributed by atoms with E-state index >= 15 is 0 Å². The van der Waals surface area contributed by atoms with Gasteiger partial charge in [0.05, 0.1) is 0 Å². The van der Waals surface area contributed by atoms with Crippen LogP contribution in [0.15, 0.2) is 24.3 Å². The minimum atomic E-state index is 0.0738. The van der Waals surface area contributed by atoms with Crippen molar-refractivity contribution in [3.05, 3.63) is 35.4 Å². The molecule has 17 heavy (non-hydrogen) atoms. The molecule has 0 spiro atoms. The summed E-state index contributed by atoms with van der Waals surface area (Å²) in [5.74, 6) is 0.288. The van der Waals surface area contributed by atoms with Crippen molar-refractivity contribution in [1.29, 1.82) is 0 Å². The largest absolute Gasteiger partial charge is 0.305 e. The van der Waals surface area contributed by atoms with Gasteiger partial charge < -0.3 is 4.90 Å². The minimum absolute atomic E-state index is 0.0738. The van der Waals surface area contributed by atoms with Crippen LogP contribution in [-0.4, -0.2) is 24.8 Å². The lowest BCUT2D eigenvalue weighted by atomic mass is 10.00. The van der Waals surface area contributed by atoms with Crippen molar-refractivity contribution in [3.8, 4) is 0 Å². The van der Waals surface area contributed by atoms with Gasteiger partial charge in [-0.05, 0) is 19.7 Å². The van der Waals surface area contributed by atoms with Crippen molar-refractivity contribution in [3.63, 3.8) is 0 Å². The number of carbonyl (C=O) groups is 1. The normalized spacial score (nSPS) is 10.1. The van der Waals surface area contributed by atoms with E-state index in [1.165, 1.54) is 5.56 Å². The second-order valence-corrected chi connectivity index (χ2v) is 4.45. The molecule has 0 fully saturated rings. The van der Waals surface area contributed by atoms with Crippen molar-refractivity contribution < 1.29 is 4.79 Å². The summed E-state index contributed by atoms with van der Waals surface area (Å²) in [5.41, 5.74) is 2.05. The molecule has 0 heterocycles. The van der Waals surface area contributed by atoms with Gasteiger partial charge in [0.15, 0.2) is 5.78 Å². The molecular weight excluding hydrogens is 210 g/mol. The average molecular weight is 235 g/mol. The lowest BCUT2D eigenvalue weighted by Crippen LogP contribution is -2.11. The van der Waals surface area contributed by atoms with E-state index in [1.807, 2.05) is 66.1 Å². The molecule has 1 aromatic rings. The number of carbonyl (C=O) groups excluding carboxylic acids is 1. The maximum atomic E-state index is 11.7. The zero-order valence-electron chi connectivity index (χ0n) is 11.9. The third kappa shape index (κ3) is 5.64. The Bertz CT molecular complexity index is 325. The number of Topliss-reactive ketones (excluding diaryl/α,β-unsaturated/α-hetero) is 1. The fourth-order valence-corrected chi connectivity index (χ4v) is 1.47. The van der Waals surface area contributed by atoms with Gasteiger partial charge in [0.2, 0.25) is 0 Å². The summed E-state index contributed by atoms with van der Waals surface area (Å²) in [6.07, 6.45) is 0. The molecule has 0 saturated carbocycles. The van der Waals surface area contributed by atoms with Crippen molar-refractivity contribution in [1.82, 2.24) is 4.90 Å². The fourth-order valence-electron chi connectivity index (χ4n) is 1.47. The SMILES string of the molecule is CC.CC(C)C(=O)c1ccc(CN(C)C)cc1. The van der Waals surface area contributed by atoms with Gasteiger partial charge in [0, 0.05) is 18.0 Å². The highest BCUT2D eigenvalue weighted by Crippen LogP contribution is 2.10. The quantitative estimate of drug-likeness (QED) is 0.743. The molecule has 0 saturated heterocycles. The molecule has 1 aromatic carbocycles. The highest BCUT2D eigenvalue weighted by molar-refractivity contribution is 5.97. The van der Waals surface area contributed by atoms with Gasteiger partial charge in [0.25, 0.3) is 0 Å². The van der Waals surface area contributed by atoms with E-state index in [0.717, 1.165) is 12.1 Å². The van der Waals surface area contributed by atoms with Crippen LogP contribution in [0, 0.1) is 5.92 Å². The number of ketones is 1. The average Bonchev–Trinajstić information content (AvgIpc) is 2.31. The zero-order valence-corrected chi connectivity index (χ0v) is 11.9. The summed E-state index contributed by atoms with van der Waals surface area (Å²) in [5, 5.41) is 0. The standard InChI is InChI=1S/C13H19NO.C2H6/c1-10(2)13(15)12-7-5-11(6-8-12)9-14(3)4;1-2/h5-8,10H,9H2,1-4H3;1-2H3. The van der Waals surface area contributed by atoms with Crippen LogP contribution in [0.1, 0.15) is 43.6 Å². The predicted octanol–water partition coefficient (Wildman–Crippen LogP) is 3.61. The number of nitrogens with zero attached hydrogens (tertiary/aromatic N) is 1. The molecule has 1 rings (SSSR count). The molecule has 0 bridgehead atoms. The summed E-state index contributed by atoms with van der Waals surface area (Å²) in [6.45, 7) is 8.77. The second-order valence-electron chi connectivity index (χ2n) is 4.45. The van der Waals surface area contributed by atoms with Crippen molar-refractivity contribution in [2.75, 3.05) is 14.1 Å². The molecule has 0 aliphatic rings. The summed E-state index contributed by atoms with van der Waals surface area (Å²) in [6, 6.07) is 7.88. The molecule has 96 valence electrons. The van der Waals surface area contributed by atoms with E-state index in [-0.39, 0.29) is 11.7 Å². The number of hydrogen-bond acceptors (Lipinski definition) is 2. The first-order valence-electron chi connectivity index (χ1n) is 6.28. The van der Waals surface area contributed by atoms with E-state index < -0.39 is 0 Å². The molecule has 0 amide bonds. The first kappa shape index (κ1) is 15.9. The topological polar surface area (TPSA) is 20.3 Å². The van der Waals surface area contributed by atoms with Crippen molar-refractivity contribution in [2.45, 2.75) is 34.2 Å². The van der Waals surface area contributed by atoms with E-state index in [9.17, 15) is 4.79 Å². The molecule has 0 atom stereocenters. The van der Waals surface area contributed by atoms with E-state index in [4.69, 9.17) is 0 Å². The summed E-state index contributed by atoms with van der Waals surface area (Å²) >= 11 is 0. The summed E-state index contributed by atoms with van der Waals surface area (Å²) in [7, 11) is 4.07. The Morgan fingerprint density at radius 3 is 1.94 bits per heavy atom. The Labute approximate surface area is 106 Å². The summed E-state index contributed by atoms with van der Waals surface area (Å²) in [4.78, 5) is 13.8. The van der Waals surface area contributed by atoms with Crippen LogP contribution in [0.5, 0.6) is 0 Å². The van der Waals surface area contributed by atoms with Crippen LogP contribution in [0.3, 0.4) is 0 Å². The molecule has 0 unspecified atom stereocenters. The lowest BCUT2D eigenvalue weighted by molar-refractivity contribution is 0.0939. The van der Waals surface area contributed by atoms with E-state index in [2.05, 4.69) is 4.90 Å². The lowest BCUT2D eigenvalue weighted by Gasteiger charge is -2.10. The molecule has 2 nitrogen and oxygen atoms in total. The molecule has 0 radical (unpaired) electrons. The second kappa shape index (κ2) is 8.02. The van der Waals surface area contributed by atoms with E-state index in [1.54, 1.807) is 0 Å². The number of benzene rings is 1. The molecule has 0 aliphatic heterocycles. The van der Waals surface area contributed by atoms with Gasteiger partial charge in [-0.15, -0.1) is 0 Å². The predicted molar refractivity (Wildman–Crippen MR) is 74.3 cm³/mol. The third-order valence-corrected chi connectivity index (χ3v) is 2.26. The van der Waals surface area contributed by atoms with Gasteiger partial charge in [-0.1, -0.05) is 52.0 Å². The Hall–Kier alpha value is -1.15. The number of rotatable bonds is 4. The first-order valence-corrected chi connectivity index (χ1v) is 6.28. The van der Waals surface area contributed by atoms with E-state index in [0.29, 0.717) is 0 Å². The van der Waals surface area contributed by atoms with Gasteiger partial charge in [0.1, 0.15) is 0 Å². The molecule has 2 heteroatoms. The van der Waals surface area contributed by atoms with Crippen molar-refractivity contribution in [2.24, 2.45) is 5.92 Å². The fraction of sp³-hybridized carbons (Fsp3) is 0.533. The van der Waals surface area contributed by atoms with Crippen LogP contribution in [-0.2, 0) is 6.54 Å². The molecule has 0 aliphatic carbocycles. The molecule has 0 N–H and O–H groups in total. The Kier molecular flexibility index (Phi) is 7.47. The Balaban J connectivity index is 0.00000121. The van der Waals surface area contributed by atoms with Crippen LogP contribution in [0.25, 0.3) is 0 Å². The Morgan fingerprint density at radius 1 is 1.12 bits per heavy atom. The first-order chi connectivity index (χ1) is 8.00. The van der Waals surface area contributed by atoms with Crippen LogP contribution in [0.2, 0.25) is 0 Å². The number of hydrogen-bond donors (Lipinski definition) is 0. The summed E-state index contributed by atoms with van der Waals surface area (Å²) < 4.78 is 0. The minimum Gasteiger partial charge on any atom is -0.305 e. The highest BCUT2D eigenvalue weighted by Gasteiger charge is 2.09.